The average molecular weight is 519 g/mol. The summed E-state index contributed by atoms with van der Waals surface area (Å²) in [7, 11) is 3.85. The van der Waals surface area contributed by atoms with E-state index in [0.29, 0.717) is 24.2 Å². The molecule has 4 atom stereocenters. The van der Waals surface area contributed by atoms with E-state index in [2.05, 4.69) is 5.32 Å². The van der Waals surface area contributed by atoms with Gasteiger partial charge in [-0.25, -0.2) is 8.78 Å². The van der Waals surface area contributed by atoms with Crippen molar-refractivity contribution in [1.82, 2.24) is 10.2 Å². The standard InChI is InChI=1S/C28H36F2N2O5/c1-27(2)36-24-16-28(26(33)31-12-13-32(3)4,35-17-19-8-7-10-21(29)14-19)15-23(25(24)37-27)34-18-20-9-5-6-11-22(20)30/h5-11,14,23-25H,12-13,15-18H2,1-4H3,(H,31,33)/t23?,24-,25+,28-/m1/s1. The molecule has 0 aromatic heterocycles. The fourth-order valence-corrected chi connectivity index (χ4v) is 4.92. The maximum Gasteiger partial charge on any atom is 0.252 e. The molecule has 202 valence electrons. The largest absolute Gasteiger partial charge is 0.370 e. The first-order chi connectivity index (χ1) is 17.6. The third-order valence-corrected chi connectivity index (χ3v) is 6.72. The van der Waals surface area contributed by atoms with Crippen LogP contribution in [0.15, 0.2) is 48.5 Å². The molecule has 2 aliphatic rings. The van der Waals surface area contributed by atoms with Crippen molar-refractivity contribution in [3.8, 4) is 0 Å². The molecule has 2 aromatic rings. The minimum atomic E-state index is -1.32. The number of carbonyl (C=O) groups excluding carboxylic acids is 1. The van der Waals surface area contributed by atoms with Crippen LogP contribution >= 0.6 is 0 Å². The summed E-state index contributed by atoms with van der Waals surface area (Å²) in [6, 6.07) is 12.5. The lowest BCUT2D eigenvalue weighted by molar-refractivity contribution is -0.183. The van der Waals surface area contributed by atoms with E-state index in [1.165, 1.54) is 18.2 Å². The quantitative estimate of drug-likeness (QED) is 0.516. The Hall–Kier alpha value is -2.43. The summed E-state index contributed by atoms with van der Waals surface area (Å²) in [6.07, 6.45) is -1.13. The Kier molecular flexibility index (Phi) is 8.60. The van der Waals surface area contributed by atoms with Crippen molar-refractivity contribution >= 4 is 5.91 Å². The second kappa shape index (κ2) is 11.5. The second-order valence-electron chi connectivity index (χ2n) is 10.5. The van der Waals surface area contributed by atoms with Crippen molar-refractivity contribution in [3.63, 3.8) is 0 Å². The van der Waals surface area contributed by atoms with E-state index in [-0.39, 0.29) is 43.6 Å². The smallest absolute Gasteiger partial charge is 0.252 e. The molecule has 2 aromatic carbocycles. The van der Waals surface area contributed by atoms with E-state index in [1.54, 1.807) is 30.3 Å². The summed E-state index contributed by atoms with van der Waals surface area (Å²) in [5.41, 5.74) is -0.302. The SMILES string of the molecule is CN(C)CCNC(=O)[C@@]1(OCc2cccc(F)c2)CC(OCc2ccccc2F)[C@@H]2OC(C)(C)O[C@@H]2C1. The Morgan fingerprint density at radius 1 is 1.08 bits per heavy atom. The van der Waals surface area contributed by atoms with Gasteiger partial charge in [-0.05, 0) is 51.7 Å². The minimum absolute atomic E-state index is 0.00652. The van der Waals surface area contributed by atoms with E-state index in [9.17, 15) is 13.6 Å². The first-order valence-corrected chi connectivity index (χ1v) is 12.6. The monoisotopic (exact) mass is 518 g/mol. The maximum atomic E-state index is 14.3. The van der Waals surface area contributed by atoms with E-state index in [0.717, 1.165) is 0 Å². The van der Waals surface area contributed by atoms with Crippen LogP contribution in [0, 0.1) is 11.6 Å². The van der Waals surface area contributed by atoms with Crippen molar-refractivity contribution in [2.45, 2.75) is 69.6 Å². The molecule has 7 nitrogen and oxygen atoms in total. The molecule has 1 amide bonds. The molecule has 4 rings (SSSR count). The molecule has 1 N–H and O–H groups in total. The number of benzene rings is 2. The number of likely N-dealkylation sites (N-methyl/N-ethyl adjacent to an activating group) is 1. The molecule has 1 heterocycles. The summed E-state index contributed by atoms with van der Waals surface area (Å²) in [4.78, 5) is 15.6. The minimum Gasteiger partial charge on any atom is -0.370 e. The number of amides is 1. The Labute approximate surface area is 217 Å². The van der Waals surface area contributed by atoms with Gasteiger partial charge in [-0.1, -0.05) is 30.3 Å². The van der Waals surface area contributed by atoms with Crippen LogP contribution in [-0.4, -0.2) is 67.7 Å². The number of halogens is 2. The van der Waals surface area contributed by atoms with E-state index >= 15 is 0 Å². The normalized spacial score (nSPS) is 26.7. The number of hydrogen-bond donors (Lipinski definition) is 1. The average Bonchev–Trinajstić information content (AvgIpc) is 3.15. The zero-order valence-corrected chi connectivity index (χ0v) is 21.8. The summed E-state index contributed by atoms with van der Waals surface area (Å²) in [5, 5.41) is 2.98. The van der Waals surface area contributed by atoms with Gasteiger partial charge in [0.2, 0.25) is 0 Å². The molecular formula is C28H36F2N2O5. The molecule has 1 saturated carbocycles. The zero-order valence-electron chi connectivity index (χ0n) is 21.8. The van der Waals surface area contributed by atoms with Gasteiger partial charge in [0.25, 0.3) is 5.91 Å². The van der Waals surface area contributed by atoms with Crippen molar-refractivity contribution in [2.24, 2.45) is 0 Å². The Morgan fingerprint density at radius 2 is 1.86 bits per heavy atom. The number of nitrogens with zero attached hydrogens (tertiary/aromatic N) is 1. The second-order valence-corrected chi connectivity index (χ2v) is 10.5. The van der Waals surface area contributed by atoms with Crippen LogP contribution in [0.4, 0.5) is 8.78 Å². The zero-order chi connectivity index (χ0) is 26.6. The van der Waals surface area contributed by atoms with Gasteiger partial charge in [0, 0.05) is 31.5 Å². The highest BCUT2D eigenvalue weighted by atomic mass is 19.1. The van der Waals surface area contributed by atoms with Gasteiger partial charge in [0.1, 0.15) is 17.7 Å². The van der Waals surface area contributed by atoms with E-state index in [4.69, 9.17) is 18.9 Å². The van der Waals surface area contributed by atoms with Crippen LogP contribution < -0.4 is 5.32 Å². The van der Waals surface area contributed by atoms with Crippen LogP contribution in [0.5, 0.6) is 0 Å². The summed E-state index contributed by atoms with van der Waals surface area (Å²) < 4.78 is 53.0. The fraction of sp³-hybridized carbons (Fsp3) is 0.536. The number of rotatable bonds is 10. The summed E-state index contributed by atoms with van der Waals surface area (Å²) in [6.45, 7) is 4.73. The molecule has 0 bridgehead atoms. The lowest BCUT2D eigenvalue weighted by Crippen LogP contribution is -2.60. The highest BCUT2D eigenvalue weighted by Crippen LogP contribution is 2.44. The number of nitrogens with one attached hydrogen (secondary N) is 1. The lowest BCUT2D eigenvalue weighted by Gasteiger charge is -2.43. The van der Waals surface area contributed by atoms with Gasteiger partial charge in [0.05, 0.1) is 25.4 Å². The van der Waals surface area contributed by atoms with Crippen LogP contribution in [0.2, 0.25) is 0 Å². The fourth-order valence-electron chi connectivity index (χ4n) is 4.92. The summed E-state index contributed by atoms with van der Waals surface area (Å²) in [5.74, 6) is -1.92. The Balaban J connectivity index is 1.60. The van der Waals surface area contributed by atoms with Crippen molar-refractivity contribution in [3.05, 3.63) is 71.3 Å². The first-order valence-electron chi connectivity index (χ1n) is 12.6. The molecule has 9 heteroatoms. The van der Waals surface area contributed by atoms with Crippen LogP contribution in [0.3, 0.4) is 0 Å². The molecule has 1 unspecified atom stereocenters. The number of hydrogen-bond acceptors (Lipinski definition) is 6. The summed E-state index contributed by atoms with van der Waals surface area (Å²) >= 11 is 0. The first kappa shape index (κ1) is 27.6. The molecule has 1 saturated heterocycles. The molecular weight excluding hydrogens is 482 g/mol. The highest BCUT2D eigenvalue weighted by molar-refractivity contribution is 5.85. The van der Waals surface area contributed by atoms with Gasteiger partial charge < -0.3 is 29.2 Å². The number of ether oxygens (including phenoxy) is 4. The van der Waals surface area contributed by atoms with Crippen molar-refractivity contribution in [2.75, 3.05) is 27.2 Å². The van der Waals surface area contributed by atoms with Gasteiger partial charge in [-0.3, -0.25) is 4.79 Å². The van der Waals surface area contributed by atoms with Crippen molar-refractivity contribution in [1.29, 1.82) is 0 Å². The maximum absolute atomic E-state index is 14.3. The number of fused-ring (bicyclic) bond motifs is 1. The van der Waals surface area contributed by atoms with E-state index < -0.39 is 29.7 Å². The van der Waals surface area contributed by atoms with Gasteiger partial charge in [0.15, 0.2) is 11.4 Å². The van der Waals surface area contributed by atoms with Gasteiger partial charge in [-0.2, -0.15) is 0 Å². The third kappa shape index (κ3) is 6.91. The molecule has 37 heavy (non-hydrogen) atoms. The van der Waals surface area contributed by atoms with Crippen LogP contribution in [0.25, 0.3) is 0 Å². The van der Waals surface area contributed by atoms with Crippen LogP contribution in [0.1, 0.15) is 37.8 Å². The van der Waals surface area contributed by atoms with E-state index in [1.807, 2.05) is 32.8 Å². The lowest BCUT2D eigenvalue weighted by atomic mass is 9.78. The topological polar surface area (TPSA) is 69.3 Å². The van der Waals surface area contributed by atoms with Crippen molar-refractivity contribution < 1.29 is 32.5 Å². The molecule has 0 radical (unpaired) electrons. The van der Waals surface area contributed by atoms with Gasteiger partial charge >= 0.3 is 0 Å². The molecule has 1 aliphatic carbocycles. The third-order valence-electron chi connectivity index (χ3n) is 6.72. The predicted octanol–water partition coefficient (Wildman–Crippen LogP) is 3.80. The highest BCUT2D eigenvalue weighted by Gasteiger charge is 2.58. The van der Waals surface area contributed by atoms with Crippen LogP contribution in [-0.2, 0) is 37.0 Å². The number of carbonyl (C=O) groups is 1. The Bertz CT molecular complexity index is 1080. The molecule has 1 aliphatic heterocycles. The predicted molar refractivity (Wildman–Crippen MR) is 134 cm³/mol. The van der Waals surface area contributed by atoms with Gasteiger partial charge in [-0.15, -0.1) is 0 Å². The molecule has 2 fully saturated rings. The Morgan fingerprint density at radius 3 is 2.59 bits per heavy atom. The molecule has 0 spiro atoms.